The largest absolute Gasteiger partial charge is 0.438 e. The third-order valence-electron chi connectivity index (χ3n) is 4.89. The number of amides is 1. The van der Waals surface area contributed by atoms with Gasteiger partial charge in [-0.1, -0.05) is 56.0 Å². The maximum atomic E-state index is 11.3. The Balaban J connectivity index is 2.03. The van der Waals surface area contributed by atoms with Crippen molar-refractivity contribution in [3.05, 3.63) is 35.9 Å². The molecule has 1 amide bonds. The number of hydrogen-bond acceptors (Lipinski definition) is 3. The monoisotopic (exact) mass is 305 g/mol. The van der Waals surface area contributed by atoms with E-state index < -0.39 is 11.7 Å². The molecule has 0 radical (unpaired) electrons. The van der Waals surface area contributed by atoms with Crippen molar-refractivity contribution < 1.29 is 14.6 Å². The highest BCUT2D eigenvalue weighted by atomic mass is 16.6. The predicted octanol–water partition coefficient (Wildman–Crippen LogP) is 3.58. The molecule has 4 heteroatoms. The number of rotatable bonds is 6. The molecule has 1 fully saturated rings. The van der Waals surface area contributed by atoms with Crippen molar-refractivity contribution in [1.82, 2.24) is 0 Å². The van der Waals surface area contributed by atoms with Crippen molar-refractivity contribution in [2.75, 3.05) is 6.61 Å². The molecule has 1 aliphatic carbocycles. The van der Waals surface area contributed by atoms with Crippen LogP contribution in [0.15, 0.2) is 30.3 Å². The van der Waals surface area contributed by atoms with Crippen LogP contribution in [0.2, 0.25) is 0 Å². The number of ether oxygens (including phenoxy) is 1. The van der Waals surface area contributed by atoms with Gasteiger partial charge in [-0.25, -0.2) is 4.79 Å². The van der Waals surface area contributed by atoms with E-state index in [1.165, 1.54) is 0 Å². The Morgan fingerprint density at radius 2 is 1.82 bits per heavy atom. The highest BCUT2D eigenvalue weighted by Gasteiger charge is 2.35. The second-order valence-electron chi connectivity index (χ2n) is 6.62. The van der Waals surface area contributed by atoms with Gasteiger partial charge in [-0.3, -0.25) is 0 Å². The lowest BCUT2D eigenvalue weighted by Gasteiger charge is -2.36. The van der Waals surface area contributed by atoms with Gasteiger partial charge in [0.1, 0.15) is 5.60 Å². The molecule has 0 aliphatic heterocycles. The van der Waals surface area contributed by atoms with Gasteiger partial charge in [-0.15, -0.1) is 0 Å². The van der Waals surface area contributed by atoms with Crippen LogP contribution in [0.5, 0.6) is 0 Å². The Morgan fingerprint density at radius 3 is 2.36 bits per heavy atom. The van der Waals surface area contributed by atoms with Gasteiger partial charge in [0, 0.05) is 6.61 Å². The number of benzene rings is 1. The molecule has 0 spiro atoms. The summed E-state index contributed by atoms with van der Waals surface area (Å²) < 4.78 is 5.50. The molecule has 122 valence electrons. The predicted molar refractivity (Wildman–Crippen MR) is 86.2 cm³/mol. The Labute approximate surface area is 132 Å². The molecule has 4 nitrogen and oxygen atoms in total. The zero-order chi connectivity index (χ0) is 16.0. The number of carbonyl (C=O) groups excluding carboxylic acids is 1. The van der Waals surface area contributed by atoms with Gasteiger partial charge in [0.25, 0.3) is 0 Å². The Bertz CT molecular complexity index is 468. The molecule has 2 rings (SSSR count). The van der Waals surface area contributed by atoms with Crippen molar-refractivity contribution in [3.8, 4) is 0 Å². The fraction of sp³-hybridized carbons (Fsp3) is 0.611. The molecule has 1 saturated carbocycles. The minimum atomic E-state index is -0.722. The van der Waals surface area contributed by atoms with Gasteiger partial charge < -0.3 is 15.6 Å². The molecule has 0 saturated heterocycles. The quantitative estimate of drug-likeness (QED) is 0.843. The summed E-state index contributed by atoms with van der Waals surface area (Å²) in [5.41, 5.74) is 5.62. The van der Waals surface area contributed by atoms with E-state index in [-0.39, 0.29) is 6.61 Å². The van der Waals surface area contributed by atoms with Crippen LogP contribution in [0.4, 0.5) is 4.79 Å². The van der Waals surface area contributed by atoms with Gasteiger partial charge in [-0.2, -0.15) is 0 Å². The lowest BCUT2D eigenvalue weighted by atomic mass is 9.75. The highest BCUT2D eigenvalue weighted by molar-refractivity contribution is 5.65. The van der Waals surface area contributed by atoms with Crippen LogP contribution in [0.1, 0.15) is 51.0 Å². The van der Waals surface area contributed by atoms with Crippen LogP contribution < -0.4 is 5.73 Å². The summed E-state index contributed by atoms with van der Waals surface area (Å²) in [5.74, 6) is 1.17. The van der Waals surface area contributed by atoms with E-state index in [2.05, 4.69) is 0 Å². The first-order chi connectivity index (χ1) is 10.5. The van der Waals surface area contributed by atoms with Gasteiger partial charge >= 0.3 is 6.09 Å². The van der Waals surface area contributed by atoms with E-state index in [0.29, 0.717) is 11.8 Å². The summed E-state index contributed by atoms with van der Waals surface area (Å²) in [6.07, 6.45) is 5.51. The second-order valence-corrected chi connectivity index (χ2v) is 6.62. The molecule has 0 bridgehead atoms. The number of hydrogen-bond donors (Lipinski definition) is 2. The number of carbonyl (C=O) groups is 1. The summed E-state index contributed by atoms with van der Waals surface area (Å²) in [5, 5.41) is 9.05. The third-order valence-corrected chi connectivity index (χ3v) is 4.89. The second kappa shape index (κ2) is 7.63. The fourth-order valence-corrected chi connectivity index (χ4v) is 3.69. The van der Waals surface area contributed by atoms with E-state index in [1.54, 1.807) is 0 Å². The summed E-state index contributed by atoms with van der Waals surface area (Å²) >= 11 is 0. The minimum Gasteiger partial charge on any atom is -0.438 e. The molecular weight excluding hydrogens is 278 g/mol. The summed E-state index contributed by atoms with van der Waals surface area (Å²) in [6.45, 7) is 2.23. The molecule has 1 aromatic carbocycles. The van der Waals surface area contributed by atoms with Crippen LogP contribution >= 0.6 is 0 Å². The number of aliphatic hydroxyl groups excluding tert-OH is 1. The highest BCUT2D eigenvalue weighted by Crippen LogP contribution is 2.40. The normalized spacial score (nSPS) is 24.5. The maximum absolute atomic E-state index is 11.3. The first-order valence-electron chi connectivity index (χ1n) is 8.18. The topological polar surface area (TPSA) is 72.6 Å². The van der Waals surface area contributed by atoms with E-state index in [4.69, 9.17) is 15.6 Å². The zero-order valence-corrected chi connectivity index (χ0v) is 13.3. The molecule has 0 heterocycles. The van der Waals surface area contributed by atoms with Crippen molar-refractivity contribution in [1.29, 1.82) is 0 Å². The Kier molecular flexibility index (Phi) is 5.83. The van der Waals surface area contributed by atoms with E-state index in [0.717, 1.165) is 44.1 Å². The first-order valence-corrected chi connectivity index (χ1v) is 8.18. The molecule has 0 aromatic heterocycles. The average molecular weight is 305 g/mol. The SMILES string of the molecule is CC(C[C@H]1CC[C@H](CCO)CC1)(OC(N)=O)c1ccccc1. The fourth-order valence-electron chi connectivity index (χ4n) is 3.69. The smallest absolute Gasteiger partial charge is 0.405 e. The Hall–Kier alpha value is -1.55. The maximum Gasteiger partial charge on any atom is 0.405 e. The van der Waals surface area contributed by atoms with Crippen LogP contribution in [0.25, 0.3) is 0 Å². The zero-order valence-electron chi connectivity index (χ0n) is 13.3. The van der Waals surface area contributed by atoms with Crippen LogP contribution in [-0.2, 0) is 10.3 Å². The van der Waals surface area contributed by atoms with Crippen molar-refractivity contribution in [2.45, 2.75) is 51.0 Å². The molecular formula is C18H27NO3. The Morgan fingerprint density at radius 1 is 1.23 bits per heavy atom. The lowest BCUT2D eigenvalue weighted by molar-refractivity contribution is 0.00131. The lowest BCUT2D eigenvalue weighted by Crippen LogP contribution is -2.35. The van der Waals surface area contributed by atoms with Gasteiger partial charge in [-0.05, 0) is 37.2 Å². The van der Waals surface area contributed by atoms with Crippen LogP contribution in [-0.4, -0.2) is 17.8 Å². The minimum absolute atomic E-state index is 0.280. The van der Waals surface area contributed by atoms with Gasteiger partial charge in [0.15, 0.2) is 0 Å². The number of aliphatic hydroxyl groups is 1. The van der Waals surface area contributed by atoms with Crippen LogP contribution in [0, 0.1) is 11.8 Å². The van der Waals surface area contributed by atoms with Gasteiger partial charge in [0.05, 0.1) is 0 Å². The summed E-state index contributed by atoms with van der Waals surface area (Å²) in [6, 6.07) is 9.83. The van der Waals surface area contributed by atoms with Crippen molar-refractivity contribution in [3.63, 3.8) is 0 Å². The number of nitrogens with two attached hydrogens (primary N) is 1. The van der Waals surface area contributed by atoms with E-state index >= 15 is 0 Å². The number of primary amides is 1. The van der Waals surface area contributed by atoms with Crippen LogP contribution in [0.3, 0.4) is 0 Å². The third kappa shape index (κ3) is 4.47. The molecule has 3 N–H and O–H groups in total. The standard InChI is InChI=1S/C18H27NO3/c1-18(22-17(19)21,16-5-3-2-4-6-16)13-15-9-7-14(8-10-15)11-12-20/h2-6,14-15,20H,7-13H2,1H3,(H2,19,21)/t14-,15-,18?. The van der Waals surface area contributed by atoms with E-state index in [1.807, 2.05) is 37.3 Å². The molecule has 1 unspecified atom stereocenters. The molecule has 1 aliphatic rings. The molecule has 22 heavy (non-hydrogen) atoms. The van der Waals surface area contributed by atoms with Crippen molar-refractivity contribution in [2.24, 2.45) is 17.6 Å². The summed E-state index contributed by atoms with van der Waals surface area (Å²) in [4.78, 5) is 11.3. The first kappa shape index (κ1) is 16.8. The van der Waals surface area contributed by atoms with E-state index in [9.17, 15) is 4.79 Å². The van der Waals surface area contributed by atoms with Crippen molar-refractivity contribution >= 4 is 6.09 Å². The molecule has 1 atom stereocenters. The average Bonchev–Trinajstić information content (AvgIpc) is 2.50. The summed E-state index contributed by atoms with van der Waals surface area (Å²) in [7, 11) is 0. The van der Waals surface area contributed by atoms with Gasteiger partial charge in [0.2, 0.25) is 0 Å². The molecule has 1 aromatic rings.